The van der Waals surface area contributed by atoms with Crippen molar-refractivity contribution in [2.24, 2.45) is 0 Å². The number of nitrogens with two attached hydrogens (primary N) is 1. The maximum atomic E-state index is 5.61. The molecule has 0 saturated carbocycles. The molecule has 0 aliphatic carbocycles. The molecule has 0 atom stereocenters. The molecule has 0 saturated heterocycles. The number of hydrogen-bond donors (Lipinski definition) is 1. The fourth-order valence-corrected chi connectivity index (χ4v) is 2.93. The van der Waals surface area contributed by atoms with Crippen LogP contribution >= 0.6 is 22.7 Å². The highest BCUT2D eigenvalue weighted by Gasteiger charge is 2.10. The lowest BCUT2D eigenvalue weighted by Gasteiger charge is -2.16. The van der Waals surface area contributed by atoms with E-state index in [2.05, 4.69) is 28.7 Å². The second-order valence-electron chi connectivity index (χ2n) is 3.26. The van der Waals surface area contributed by atoms with Gasteiger partial charge < -0.3 is 10.6 Å². The Bertz CT molecular complexity index is 459. The molecule has 16 heavy (non-hydrogen) atoms. The number of nitrogen functional groups attached to an aromatic ring is 1. The summed E-state index contributed by atoms with van der Waals surface area (Å²) in [7, 11) is 0. The van der Waals surface area contributed by atoms with E-state index in [0.29, 0.717) is 5.13 Å². The lowest BCUT2D eigenvalue weighted by molar-refractivity contribution is 0.860. The lowest BCUT2D eigenvalue weighted by Crippen LogP contribution is -2.21. The molecule has 2 heterocycles. The Hall–Kier alpha value is -1.14. The van der Waals surface area contributed by atoms with Gasteiger partial charge in [-0.15, -0.1) is 22.7 Å². The number of nitrogens with zero attached hydrogens (tertiary/aromatic N) is 3. The number of aromatic nitrogens is 2. The van der Waals surface area contributed by atoms with Crippen LogP contribution in [0.1, 0.15) is 13.8 Å². The number of hydrogen-bond acceptors (Lipinski definition) is 6. The Morgan fingerprint density at radius 2 is 1.75 bits per heavy atom. The Morgan fingerprint density at radius 1 is 1.12 bits per heavy atom. The van der Waals surface area contributed by atoms with E-state index in [9.17, 15) is 0 Å². The van der Waals surface area contributed by atoms with Gasteiger partial charge in [-0.3, -0.25) is 0 Å². The van der Waals surface area contributed by atoms with Crippen molar-refractivity contribution in [2.45, 2.75) is 13.8 Å². The van der Waals surface area contributed by atoms with E-state index in [4.69, 9.17) is 5.73 Å². The van der Waals surface area contributed by atoms with E-state index < -0.39 is 0 Å². The summed E-state index contributed by atoms with van der Waals surface area (Å²) in [4.78, 5) is 11.0. The summed E-state index contributed by atoms with van der Waals surface area (Å²) in [6, 6.07) is 0. The van der Waals surface area contributed by atoms with Crippen LogP contribution in [0.4, 0.5) is 10.3 Å². The molecule has 0 aliphatic heterocycles. The highest BCUT2D eigenvalue weighted by molar-refractivity contribution is 7.14. The van der Waals surface area contributed by atoms with Crippen molar-refractivity contribution in [1.82, 2.24) is 9.97 Å². The predicted molar refractivity (Wildman–Crippen MR) is 71.2 cm³/mol. The fraction of sp³-hybridized carbons (Fsp3) is 0.400. The molecule has 0 aromatic carbocycles. The first-order valence-corrected chi connectivity index (χ1v) is 6.92. The smallest absolute Gasteiger partial charge is 0.185 e. The van der Waals surface area contributed by atoms with Crippen LogP contribution in [0.15, 0.2) is 10.8 Å². The van der Waals surface area contributed by atoms with E-state index in [-0.39, 0.29) is 0 Å². The average molecular weight is 254 g/mol. The molecule has 2 N–H and O–H groups in total. The normalized spacial score (nSPS) is 10.6. The van der Waals surface area contributed by atoms with E-state index in [1.54, 1.807) is 11.3 Å². The molecule has 0 fully saturated rings. The molecule has 2 aromatic heterocycles. The van der Waals surface area contributed by atoms with E-state index >= 15 is 0 Å². The summed E-state index contributed by atoms with van der Waals surface area (Å²) in [6.07, 6.45) is 0. The van der Waals surface area contributed by atoms with Gasteiger partial charge in [-0.05, 0) is 13.8 Å². The van der Waals surface area contributed by atoms with Gasteiger partial charge in [0.25, 0.3) is 0 Å². The SMILES string of the molecule is CCN(CC)c1nc(-c2csc(N)n2)cs1. The summed E-state index contributed by atoms with van der Waals surface area (Å²) in [5.74, 6) is 0. The Balaban J connectivity index is 2.25. The first kappa shape index (κ1) is 11.3. The third-order valence-corrected chi connectivity index (χ3v) is 3.89. The third kappa shape index (κ3) is 2.17. The highest BCUT2D eigenvalue weighted by atomic mass is 32.1. The van der Waals surface area contributed by atoms with Crippen LogP contribution in [0, 0.1) is 0 Å². The molecule has 0 unspecified atom stereocenters. The van der Waals surface area contributed by atoms with Gasteiger partial charge in [0, 0.05) is 23.8 Å². The van der Waals surface area contributed by atoms with Gasteiger partial charge in [-0.2, -0.15) is 0 Å². The number of rotatable bonds is 4. The number of anilines is 2. The molecular formula is C10H14N4S2. The molecular weight excluding hydrogens is 240 g/mol. The second-order valence-corrected chi connectivity index (χ2v) is 4.98. The quantitative estimate of drug-likeness (QED) is 0.911. The first-order chi connectivity index (χ1) is 7.74. The van der Waals surface area contributed by atoms with Crippen molar-refractivity contribution in [2.75, 3.05) is 23.7 Å². The van der Waals surface area contributed by atoms with Gasteiger partial charge in [0.1, 0.15) is 11.4 Å². The van der Waals surface area contributed by atoms with Crippen molar-refractivity contribution in [3.63, 3.8) is 0 Å². The first-order valence-electron chi connectivity index (χ1n) is 5.16. The van der Waals surface area contributed by atoms with Gasteiger partial charge in [-0.1, -0.05) is 0 Å². The summed E-state index contributed by atoms with van der Waals surface area (Å²) in [5, 5.41) is 5.61. The topological polar surface area (TPSA) is 55.0 Å². The summed E-state index contributed by atoms with van der Waals surface area (Å²) in [6.45, 7) is 6.21. The van der Waals surface area contributed by atoms with Gasteiger partial charge >= 0.3 is 0 Å². The van der Waals surface area contributed by atoms with Crippen molar-refractivity contribution in [3.8, 4) is 11.4 Å². The van der Waals surface area contributed by atoms with Crippen molar-refractivity contribution in [1.29, 1.82) is 0 Å². The minimum Gasteiger partial charge on any atom is -0.375 e. The maximum absolute atomic E-state index is 5.61. The molecule has 86 valence electrons. The second kappa shape index (κ2) is 4.80. The zero-order valence-electron chi connectivity index (χ0n) is 9.30. The molecule has 2 aromatic rings. The monoisotopic (exact) mass is 254 g/mol. The zero-order valence-corrected chi connectivity index (χ0v) is 10.9. The van der Waals surface area contributed by atoms with Crippen LogP contribution in [-0.2, 0) is 0 Å². The fourth-order valence-electron chi connectivity index (χ4n) is 1.43. The largest absolute Gasteiger partial charge is 0.375 e. The highest BCUT2D eigenvalue weighted by Crippen LogP contribution is 2.28. The lowest BCUT2D eigenvalue weighted by atomic mass is 10.4. The van der Waals surface area contributed by atoms with Crippen LogP contribution in [0.5, 0.6) is 0 Å². The van der Waals surface area contributed by atoms with Crippen molar-refractivity contribution < 1.29 is 0 Å². The van der Waals surface area contributed by atoms with E-state index in [1.165, 1.54) is 11.3 Å². The van der Waals surface area contributed by atoms with Crippen LogP contribution in [0.3, 0.4) is 0 Å². The Kier molecular flexibility index (Phi) is 3.40. The van der Waals surface area contributed by atoms with Crippen LogP contribution < -0.4 is 10.6 Å². The Labute approximate surface area is 103 Å². The van der Waals surface area contributed by atoms with Gasteiger partial charge in [0.2, 0.25) is 0 Å². The molecule has 0 radical (unpaired) electrons. The molecule has 6 heteroatoms. The zero-order chi connectivity index (χ0) is 11.5. The number of thiazole rings is 2. The molecule has 0 bridgehead atoms. The van der Waals surface area contributed by atoms with Gasteiger partial charge in [0.15, 0.2) is 10.3 Å². The average Bonchev–Trinajstić information content (AvgIpc) is 2.89. The predicted octanol–water partition coefficient (Wildman–Crippen LogP) is 2.70. The molecule has 2 rings (SSSR count). The molecule has 0 amide bonds. The van der Waals surface area contributed by atoms with E-state index in [1.807, 2.05) is 10.8 Å². The maximum Gasteiger partial charge on any atom is 0.185 e. The molecule has 0 spiro atoms. The minimum absolute atomic E-state index is 0.590. The van der Waals surface area contributed by atoms with Crippen LogP contribution in [0.2, 0.25) is 0 Å². The summed E-state index contributed by atoms with van der Waals surface area (Å²) < 4.78 is 0. The van der Waals surface area contributed by atoms with Gasteiger partial charge in [0.05, 0.1) is 0 Å². The van der Waals surface area contributed by atoms with Crippen molar-refractivity contribution in [3.05, 3.63) is 10.8 Å². The van der Waals surface area contributed by atoms with Crippen LogP contribution in [0.25, 0.3) is 11.4 Å². The minimum atomic E-state index is 0.590. The standard InChI is InChI=1S/C10H14N4S2/c1-3-14(4-2)10-13-8(6-16-10)7-5-15-9(11)12-7/h5-6H,3-4H2,1-2H3,(H2,11,12). The third-order valence-electron chi connectivity index (χ3n) is 2.31. The summed E-state index contributed by atoms with van der Waals surface area (Å²) in [5.41, 5.74) is 7.40. The summed E-state index contributed by atoms with van der Waals surface area (Å²) >= 11 is 3.10. The van der Waals surface area contributed by atoms with Gasteiger partial charge in [-0.25, -0.2) is 9.97 Å². The van der Waals surface area contributed by atoms with E-state index in [0.717, 1.165) is 29.6 Å². The molecule has 0 aliphatic rings. The Morgan fingerprint density at radius 3 is 2.31 bits per heavy atom. The van der Waals surface area contributed by atoms with Crippen LogP contribution in [-0.4, -0.2) is 23.1 Å². The molecule has 4 nitrogen and oxygen atoms in total. The van der Waals surface area contributed by atoms with Crippen molar-refractivity contribution >= 4 is 32.9 Å².